The molecule has 0 atom stereocenters. The Morgan fingerprint density at radius 1 is 1.54 bits per heavy atom. The van der Waals surface area contributed by atoms with Gasteiger partial charge in [-0.05, 0) is 13.0 Å². The molecule has 1 aromatic carbocycles. The van der Waals surface area contributed by atoms with Crippen molar-refractivity contribution in [2.24, 2.45) is 0 Å². The average Bonchev–Trinajstić information content (AvgIpc) is 2.48. The van der Waals surface area contributed by atoms with Gasteiger partial charge >= 0.3 is 0 Å². The number of nitrogens with zero attached hydrogens (tertiary/aromatic N) is 2. The highest BCUT2D eigenvalue weighted by molar-refractivity contribution is 5.90. The Bertz CT molecular complexity index is 475. The fraction of sp³-hybridized carbons (Fsp3) is 0.125. The quantitative estimate of drug-likeness (QED) is 0.533. The van der Waals surface area contributed by atoms with E-state index in [0.29, 0.717) is 10.9 Å². The zero-order valence-electron chi connectivity index (χ0n) is 6.94. The maximum absolute atomic E-state index is 10.6. The Labute approximate surface area is 73.5 Å². The highest BCUT2D eigenvalue weighted by atomic mass is 16.6. The van der Waals surface area contributed by atoms with Crippen LogP contribution in [0.15, 0.2) is 18.2 Å². The number of nitrogens with one attached hydrogen (secondary N) is 1. The van der Waals surface area contributed by atoms with Gasteiger partial charge in [0.1, 0.15) is 5.39 Å². The predicted octanol–water partition coefficient (Wildman–Crippen LogP) is 1.78. The van der Waals surface area contributed by atoms with Crippen LogP contribution in [0.25, 0.3) is 10.9 Å². The summed E-state index contributed by atoms with van der Waals surface area (Å²) in [5, 5.41) is 17.9. The van der Waals surface area contributed by atoms with Gasteiger partial charge in [-0.1, -0.05) is 6.07 Å². The fourth-order valence-electron chi connectivity index (χ4n) is 1.36. The molecule has 0 saturated carbocycles. The molecule has 0 spiro atoms. The van der Waals surface area contributed by atoms with Gasteiger partial charge in [0.15, 0.2) is 0 Å². The first-order valence-electron chi connectivity index (χ1n) is 3.78. The minimum absolute atomic E-state index is 0.101. The summed E-state index contributed by atoms with van der Waals surface area (Å²) < 4.78 is 0. The van der Waals surface area contributed by atoms with E-state index < -0.39 is 4.92 Å². The zero-order chi connectivity index (χ0) is 9.42. The van der Waals surface area contributed by atoms with Gasteiger partial charge in [0.05, 0.1) is 10.4 Å². The molecule has 5 heteroatoms. The average molecular weight is 177 g/mol. The van der Waals surface area contributed by atoms with Crippen molar-refractivity contribution < 1.29 is 4.92 Å². The van der Waals surface area contributed by atoms with E-state index in [1.54, 1.807) is 19.1 Å². The molecule has 0 aliphatic heterocycles. The molecule has 5 nitrogen and oxygen atoms in total. The molecule has 1 aromatic heterocycles. The van der Waals surface area contributed by atoms with E-state index in [9.17, 15) is 10.1 Å². The molecule has 0 saturated heterocycles. The second-order valence-electron chi connectivity index (χ2n) is 2.78. The minimum atomic E-state index is -0.398. The summed E-state index contributed by atoms with van der Waals surface area (Å²) in [6, 6.07) is 4.84. The van der Waals surface area contributed by atoms with E-state index in [-0.39, 0.29) is 5.69 Å². The first-order valence-corrected chi connectivity index (χ1v) is 3.78. The summed E-state index contributed by atoms with van der Waals surface area (Å²) in [4.78, 5) is 10.2. The summed E-state index contributed by atoms with van der Waals surface area (Å²) >= 11 is 0. The Hall–Kier alpha value is -1.91. The number of hydrogen-bond donors (Lipinski definition) is 1. The Kier molecular flexibility index (Phi) is 1.51. The van der Waals surface area contributed by atoms with E-state index >= 15 is 0 Å². The SMILES string of the molecule is Cc1[nH]nc2cccc([N+](=O)[O-])c12. The molecular weight excluding hydrogens is 170 g/mol. The summed E-state index contributed by atoms with van der Waals surface area (Å²) in [5.74, 6) is 0. The molecule has 0 bridgehead atoms. The second kappa shape index (κ2) is 2.55. The van der Waals surface area contributed by atoms with Crippen molar-refractivity contribution in [2.75, 3.05) is 0 Å². The molecular formula is C8H7N3O2. The number of non-ortho nitro benzene ring substituents is 1. The van der Waals surface area contributed by atoms with Gasteiger partial charge in [0.25, 0.3) is 5.69 Å². The van der Waals surface area contributed by atoms with E-state index in [1.165, 1.54) is 6.07 Å². The van der Waals surface area contributed by atoms with E-state index in [2.05, 4.69) is 10.2 Å². The molecule has 0 aliphatic rings. The molecule has 0 unspecified atom stereocenters. The summed E-state index contributed by atoms with van der Waals surface area (Å²) in [6.07, 6.45) is 0. The lowest BCUT2D eigenvalue weighted by Crippen LogP contribution is -1.88. The highest BCUT2D eigenvalue weighted by Crippen LogP contribution is 2.25. The van der Waals surface area contributed by atoms with Crippen LogP contribution in [0.4, 0.5) is 5.69 Å². The highest BCUT2D eigenvalue weighted by Gasteiger charge is 2.14. The number of nitro groups is 1. The van der Waals surface area contributed by atoms with E-state index in [4.69, 9.17) is 0 Å². The summed E-state index contributed by atoms with van der Waals surface area (Å²) in [7, 11) is 0. The van der Waals surface area contributed by atoms with Gasteiger partial charge in [-0.25, -0.2) is 0 Å². The smallest absolute Gasteiger partial charge is 0.280 e. The number of aromatic amines is 1. The normalized spacial score (nSPS) is 10.5. The number of rotatable bonds is 1. The Balaban J connectivity index is 2.88. The molecule has 0 aliphatic carbocycles. The van der Waals surface area contributed by atoms with Crippen LogP contribution in [0, 0.1) is 17.0 Å². The molecule has 0 fully saturated rings. The molecule has 2 rings (SSSR count). The van der Waals surface area contributed by atoms with Gasteiger partial charge < -0.3 is 0 Å². The van der Waals surface area contributed by atoms with Crippen molar-refractivity contribution >= 4 is 16.6 Å². The number of H-pyrrole nitrogens is 1. The monoisotopic (exact) mass is 177 g/mol. The van der Waals surface area contributed by atoms with Gasteiger partial charge in [-0.2, -0.15) is 5.10 Å². The number of aryl methyl sites for hydroxylation is 1. The maximum atomic E-state index is 10.6. The first kappa shape index (κ1) is 7.72. The molecule has 0 radical (unpaired) electrons. The van der Waals surface area contributed by atoms with E-state index in [0.717, 1.165) is 5.69 Å². The molecule has 1 N–H and O–H groups in total. The lowest BCUT2D eigenvalue weighted by molar-refractivity contribution is -0.383. The topological polar surface area (TPSA) is 71.8 Å². The van der Waals surface area contributed by atoms with Crippen LogP contribution in [0.1, 0.15) is 5.69 Å². The van der Waals surface area contributed by atoms with Gasteiger partial charge in [0.2, 0.25) is 0 Å². The number of nitro benzene ring substituents is 1. The standard InChI is InChI=1S/C8H7N3O2/c1-5-8-6(10-9-5)3-2-4-7(8)11(12)13/h2-4H,1H3,(H,9,10). The van der Waals surface area contributed by atoms with Gasteiger partial charge in [-0.3, -0.25) is 15.2 Å². The largest absolute Gasteiger partial charge is 0.281 e. The molecule has 1 heterocycles. The summed E-state index contributed by atoms with van der Waals surface area (Å²) in [6.45, 7) is 1.77. The Morgan fingerprint density at radius 2 is 2.31 bits per heavy atom. The molecule has 2 aromatic rings. The van der Waals surface area contributed by atoms with E-state index in [1.807, 2.05) is 0 Å². The minimum Gasteiger partial charge on any atom is -0.281 e. The van der Waals surface area contributed by atoms with Crippen LogP contribution in [0.3, 0.4) is 0 Å². The maximum Gasteiger partial charge on any atom is 0.280 e. The van der Waals surface area contributed by atoms with Gasteiger partial charge in [0, 0.05) is 11.8 Å². The van der Waals surface area contributed by atoms with Crippen LogP contribution in [-0.2, 0) is 0 Å². The van der Waals surface area contributed by atoms with Crippen LogP contribution in [0.2, 0.25) is 0 Å². The lowest BCUT2D eigenvalue weighted by atomic mass is 10.2. The van der Waals surface area contributed by atoms with Crippen molar-refractivity contribution in [1.29, 1.82) is 0 Å². The van der Waals surface area contributed by atoms with Crippen molar-refractivity contribution in [2.45, 2.75) is 6.92 Å². The van der Waals surface area contributed by atoms with Crippen molar-refractivity contribution in [3.05, 3.63) is 34.0 Å². The van der Waals surface area contributed by atoms with Crippen molar-refractivity contribution in [1.82, 2.24) is 10.2 Å². The zero-order valence-corrected chi connectivity index (χ0v) is 6.94. The van der Waals surface area contributed by atoms with Crippen LogP contribution < -0.4 is 0 Å². The third-order valence-electron chi connectivity index (χ3n) is 1.94. The van der Waals surface area contributed by atoms with Crippen LogP contribution in [0.5, 0.6) is 0 Å². The number of fused-ring (bicyclic) bond motifs is 1. The molecule has 13 heavy (non-hydrogen) atoms. The number of benzene rings is 1. The Morgan fingerprint density at radius 3 is 3.00 bits per heavy atom. The molecule has 66 valence electrons. The third kappa shape index (κ3) is 1.05. The van der Waals surface area contributed by atoms with Crippen molar-refractivity contribution in [3.63, 3.8) is 0 Å². The molecule has 0 amide bonds. The van der Waals surface area contributed by atoms with Crippen molar-refractivity contribution in [3.8, 4) is 0 Å². The third-order valence-corrected chi connectivity index (χ3v) is 1.94. The second-order valence-corrected chi connectivity index (χ2v) is 2.78. The van der Waals surface area contributed by atoms with Crippen LogP contribution >= 0.6 is 0 Å². The van der Waals surface area contributed by atoms with Crippen LogP contribution in [-0.4, -0.2) is 15.1 Å². The predicted molar refractivity (Wildman–Crippen MR) is 47.5 cm³/mol. The fourth-order valence-corrected chi connectivity index (χ4v) is 1.36. The number of hydrogen-bond acceptors (Lipinski definition) is 3. The summed E-state index contributed by atoms with van der Waals surface area (Å²) in [5.41, 5.74) is 1.46. The first-order chi connectivity index (χ1) is 6.20. The van der Waals surface area contributed by atoms with Gasteiger partial charge in [-0.15, -0.1) is 0 Å². The number of aromatic nitrogens is 2. The lowest BCUT2D eigenvalue weighted by Gasteiger charge is -1.92.